The minimum atomic E-state index is -4.44. The van der Waals surface area contributed by atoms with Gasteiger partial charge in [-0.15, -0.1) is 0 Å². The van der Waals surface area contributed by atoms with Gasteiger partial charge in [0.15, 0.2) is 0 Å². The number of alkyl halides is 3. The third-order valence-corrected chi connectivity index (χ3v) is 0.592. The summed E-state index contributed by atoms with van der Waals surface area (Å²) in [7, 11) is 0. The van der Waals surface area contributed by atoms with Crippen molar-refractivity contribution in [2.75, 3.05) is 6.61 Å². The van der Waals surface area contributed by atoms with Crippen LogP contribution in [0.5, 0.6) is 0 Å². The normalized spacial score (nSPS) is 11.5. The van der Waals surface area contributed by atoms with Crippen molar-refractivity contribution in [3.63, 3.8) is 0 Å². The molecule has 1 nitrogen and oxygen atoms in total. The monoisotopic (exact) mass is 126 g/mol. The van der Waals surface area contributed by atoms with E-state index in [2.05, 4.69) is 6.58 Å². The zero-order valence-electron chi connectivity index (χ0n) is 4.00. The minimum Gasteiger partial charge on any atom is -0.392 e. The maximum Gasteiger partial charge on any atom is 0.414 e. The summed E-state index contributed by atoms with van der Waals surface area (Å²) in [6, 6.07) is 0. The van der Waals surface area contributed by atoms with Crippen LogP contribution >= 0.6 is 0 Å². The summed E-state index contributed by atoms with van der Waals surface area (Å²) < 4.78 is 33.6. The number of hydrogen-bond acceptors (Lipinski definition) is 1. The standard InChI is InChI=1S/C4H5F3O/c1-3(2-8)4(5,6)7/h8H,1-2H2. The van der Waals surface area contributed by atoms with Crippen molar-refractivity contribution in [1.29, 1.82) is 0 Å². The number of aliphatic hydroxyl groups is 1. The molecule has 0 heterocycles. The molecule has 0 amide bonds. The summed E-state index contributed by atoms with van der Waals surface area (Å²) in [5.74, 6) is 0. The average molecular weight is 126 g/mol. The lowest BCUT2D eigenvalue weighted by atomic mass is 10.3. The zero-order valence-corrected chi connectivity index (χ0v) is 4.00. The summed E-state index contributed by atoms with van der Waals surface area (Å²) in [4.78, 5) is 0. The first kappa shape index (κ1) is 7.49. The van der Waals surface area contributed by atoms with Crippen LogP contribution in [0.15, 0.2) is 12.2 Å². The van der Waals surface area contributed by atoms with Crippen molar-refractivity contribution < 1.29 is 18.3 Å². The van der Waals surface area contributed by atoms with Crippen molar-refractivity contribution in [1.82, 2.24) is 0 Å². The predicted molar refractivity (Wildman–Crippen MR) is 22.3 cm³/mol. The second-order valence-corrected chi connectivity index (χ2v) is 1.26. The molecular weight excluding hydrogens is 121 g/mol. The van der Waals surface area contributed by atoms with Gasteiger partial charge in [0.2, 0.25) is 0 Å². The van der Waals surface area contributed by atoms with Crippen LogP contribution in [0.25, 0.3) is 0 Å². The predicted octanol–water partition coefficient (Wildman–Crippen LogP) is 1.10. The molecule has 4 heteroatoms. The van der Waals surface area contributed by atoms with Crippen LogP contribution in [0, 0.1) is 0 Å². The van der Waals surface area contributed by atoms with Crippen LogP contribution < -0.4 is 0 Å². The molecule has 8 heavy (non-hydrogen) atoms. The molecule has 0 aromatic carbocycles. The molecule has 48 valence electrons. The van der Waals surface area contributed by atoms with Crippen LogP contribution in [0.1, 0.15) is 0 Å². The molecule has 0 aliphatic carbocycles. The van der Waals surface area contributed by atoms with Crippen molar-refractivity contribution in [3.05, 3.63) is 12.2 Å². The van der Waals surface area contributed by atoms with Gasteiger partial charge in [0.1, 0.15) is 0 Å². The lowest BCUT2D eigenvalue weighted by Crippen LogP contribution is -2.13. The van der Waals surface area contributed by atoms with E-state index in [1.54, 1.807) is 0 Å². The molecule has 0 aliphatic heterocycles. The van der Waals surface area contributed by atoms with Crippen LogP contribution in [-0.4, -0.2) is 17.9 Å². The summed E-state index contributed by atoms with van der Waals surface area (Å²) in [5.41, 5.74) is -1.11. The molecule has 0 unspecified atom stereocenters. The van der Waals surface area contributed by atoms with Gasteiger partial charge in [-0.2, -0.15) is 13.2 Å². The van der Waals surface area contributed by atoms with E-state index in [1.807, 2.05) is 0 Å². The molecule has 0 aromatic rings. The highest BCUT2D eigenvalue weighted by atomic mass is 19.4. The summed E-state index contributed by atoms with van der Waals surface area (Å²) in [6.45, 7) is 1.55. The van der Waals surface area contributed by atoms with E-state index in [0.29, 0.717) is 0 Å². The van der Waals surface area contributed by atoms with Crippen molar-refractivity contribution in [3.8, 4) is 0 Å². The average Bonchev–Trinajstić information content (AvgIpc) is 1.62. The van der Waals surface area contributed by atoms with Gasteiger partial charge < -0.3 is 5.11 Å². The van der Waals surface area contributed by atoms with E-state index in [1.165, 1.54) is 0 Å². The molecule has 0 saturated heterocycles. The van der Waals surface area contributed by atoms with Crippen molar-refractivity contribution in [2.45, 2.75) is 6.18 Å². The molecule has 0 saturated carbocycles. The number of hydrogen-bond donors (Lipinski definition) is 1. The highest BCUT2D eigenvalue weighted by Crippen LogP contribution is 2.22. The Kier molecular flexibility index (Phi) is 2.03. The Balaban J connectivity index is 3.82. The van der Waals surface area contributed by atoms with Crippen LogP contribution in [0.4, 0.5) is 13.2 Å². The molecule has 0 atom stereocenters. The van der Waals surface area contributed by atoms with Gasteiger partial charge in [0, 0.05) is 0 Å². The quantitative estimate of drug-likeness (QED) is 0.521. The number of rotatable bonds is 1. The summed E-state index contributed by atoms with van der Waals surface area (Å²) >= 11 is 0. The van der Waals surface area contributed by atoms with Gasteiger partial charge in [-0.05, 0) is 0 Å². The smallest absolute Gasteiger partial charge is 0.392 e. The second kappa shape index (κ2) is 2.17. The molecule has 0 aromatic heterocycles. The highest BCUT2D eigenvalue weighted by molar-refractivity contribution is 5.01. The van der Waals surface area contributed by atoms with Crippen molar-refractivity contribution >= 4 is 0 Å². The van der Waals surface area contributed by atoms with E-state index in [-0.39, 0.29) is 0 Å². The molecular formula is C4H5F3O. The van der Waals surface area contributed by atoms with Gasteiger partial charge in [-0.1, -0.05) is 6.58 Å². The fourth-order valence-electron chi connectivity index (χ4n) is 0.0896. The SMILES string of the molecule is C=C(CO)C(F)(F)F. The third-order valence-electron chi connectivity index (χ3n) is 0.592. The van der Waals surface area contributed by atoms with Gasteiger partial charge in [0.05, 0.1) is 12.2 Å². The first-order valence-electron chi connectivity index (χ1n) is 1.84. The maximum absolute atomic E-state index is 11.2. The fraction of sp³-hybridized carbons (Fsp3) is 0.500. The van der Waals surface area contributed by atoms with Gasteiger partial charge in [-0.25, -0.2) is 0 Å². The second-order valence-electron chi connectivity index (χ2n) is 1.26. The van der Waals surface area contributed by atoms with E-state index < -0.39 is 18.4 Å². The fourth-order valence-corrected chi connectivity index (χ4v) is 0.0896. The maximum atomic E-state index is 11.2. The number of aliphatic hydroxyl groups excluding tert-OH is 1. The Morgan fingerprint density at radius 2 is 1.88 bits per heavy atom. The van der Waals surface area contributed by atoms with E-state index in [4.69, 9.17) is 5.11 Å². The van der Waals surface area contributed by atoms with Gasteiger partial charge in [0.25, 0.3) is 0 Å². The molecule has 0 radical (unpaired) electrons. The highest BCUT2D eigenvalue weighted by Gasteiger charge is 2.30. The third kappa shape index (κ3) is 1.97. The lowest BCUT2D eigenvalue weighted by molar-refractivity contribution is -0.0970. The Morgan fingerprint density at radius 3 is 1.88 bits per heavy atom. The largest absolute Gasteiger partial charge is 0.414 e. The zero-order chi connectivity index (χ0) is 6.78. The van der Waals surface area contributed by atoms with Crippen LogP contribution in [-0.2, 0) is 0 Å². The molecule has 0 fully saturated rings. The van der Waals surface area contributed by atoms with Crippen LogP contribution in [0.2, 0.25) is 0 Å². The molecule has 0 spiro atoms. The lowest BCUT2D eigenvalue weighted by Gasteiger charge is -2.04. The Labute approximate surface area is 44.4 Å². The molecule has 0 bridgehead atoms. The number of halogens is 3. The van der Waals surface area contributed by atoms with E-state index in [0.717, 1.165) is 0 Å². The topological polar surface area (TPSA) is 20.2 Å². The Bertz CT molecular complexity index is 93.9. The summed E-state index contributed by atoms with van der Waals surface area (Å²) in [5, 5.41) is 7.85. The molecule has 0 aliphatic rings. The van der Waals surface area contributed by atoms with Gasteiger partial charge >= 0.3 is 6.18 Å². The van der Waals surface area contributed by atoms with Crippen molar-refractivity contribution in [2.24, 2.45) is 0 Å². The van der Waals surface area contributed by atoms with Gasteiger partial charge in [-0.3, -0.25) is 0 Å². The van der Waals surface area contributed by atoms with Crippen LogP contribution in [0.3, 0.4) is 0 Å². The summed E-state index contributed by atoms with van der Waals surface area (Å²) in [6.07, 6.45) is -4.44. The molecule has 1 N–H and O–H groups in total. The molecule has 0 rings (SSSR count). The van der Waals surface area contributed by atoms with E-state index in [9.17, 15) is 13.2 Å². The Morgan fingerprint density at radius 1 is 1.50 bits per heavy atom. The Hall–Kier alpha value is -0.510. The first-order valence-corrected chi connectivity index (χ1v) is 1.84. The van der Waals surface area contributed by atoms with E-state index >= 15 is 0 Å². The first-order chi connectivity index (χ1) is 3.48. The minimum absolute atomic E-state index is 1.02.